The fourth-order valence-electron chi connectivity index (χ4n) is 3.42. The van der Waals surface area contributed by atoms with Crippen molar-refractivity contribution in [1.29, 1.82) is 0 Å². The summed E-state index contributed by atoms with van der Waals surface area (Å²) < 4.78 is 5.73. The number of rotatable bonds is 8. The van der Waals surface area contributed by atoms with Gasteiger partial charge in [0.25, 0.3) is 0 Å². The van der Waals surface area contributed by atoms with E-state index in [1.807, 2.05) is 12.1 Å². The zero-order valence-electron chi connectivity index (χ0n) is 17.0. The molecule has 1 saturated carbocycles. The molecule has 0 aromatic heterocycles. The van der Waals surface area contributed by atoms with Crippen molar-refractivity contribution in [2.75, 3.05) is 11.9 Å². The summed E-state index contributed by atoms with van der Waals surface area (Å²) >= 11 is 6.09. The third kappa shape index (κ3) is 7.26. The molecule has 160 valence electrons. The Bertz CT molecular complexity index is 836. The van der Waals surface area contributed by atoms with E-state index in [9.17, 15) is 9.59 Å². The summed E-state index contributed by atoms with van der Waals surface area (Å²) in [6.07, 6.45) is 6.64. The number of ether oxygens (including phenoxy) is 1. The van der Waals surface area contributed by atoms with Crippen molar-refractivity contribution in [3.63, 3.8) is 0 Å². The van der Waals surface area contributed by atoms with Crippen LogP contribution in [0.4, 0.5) is 10.5 Å². The number of amides is 3. The van der Waals surface area contributed by atoms with Crippen LogP contribution in [0.2, 0.25) is 5.02 Å². The molecule has 0 unspecified atom stereocenters. The van der Waals surface area contributed by atoms with Crippen molar-refractivity contribution in [1.82, 2.24) is 10.6 Å². The predicted molar refractivity (Wildman–Crippen MR) is 119 cm³/mol. The maximum absolute atomic E-state index is 12.1. The standard InChI is InChI=1S/C23H28ClN3O3/c24-20-9-4-5-10-21(20)30-19-14-12-18(13-15-19)26-22(28)11-6-16-25-23(29)27-17-7-2-1-3-8-17/h4-5,9-10,12-15,17H,1-3,6-8,11,16H2,(H,26,28)(H2,25,27,29). The summed E-state index contributed by atoms with van der Waals surface area (Å²) in [7, 11) is 0. The summed E-state index contributed by atoms with van der Waals surface area (Å²) in [5, 5.41) is 9.22. The van der Waals surface area contributed by atoms with Gasteiger partial charge >= 0.3 is 6.03 Å². The Kier molecular flexibility index (Phi) is 8.39. The monoisotopic (exact) mass is 429 g/mol. The van der Waals surface area contributed by atoms with Gasteiger partial charge in [0, 0.05) is 24.7 Å². The molecular formula is C23H28ClN3O3. The molecular weight excluding hydrogens is 402 g/mol. The van der Waals surface area contributed by atoms with Gasteiger partial charge in [0.05, 0.1) is 5.02 Å². The Morgan fingerprint density at radius 3 is 2.47 bits per heavy atom. The van der Waals surface area contributed by atoms with Crippen LogP contribution in [0.15, 0.2) is 48.5 Å². The molecule has 1 fully saturated rings. The zero-order valence-corrected chi connectivity index (χ0v) is 17.7. The molecule has 30 heavy (non-hydrogen) atoms. The summed E-state index contributed by atoms with van der Waals surface area (Å²) in [6, 6.07) is 14.5. The Hall–Kier alpha value is -2.73. The maximum Gasteiger partial charge on any atom is 0.315 e. The molecule has 0 bridgehead atoms. The van der Waals surface area contributed by atoms with Gasteiger partial charge in [-0.15, -0.1) is 0 Å². The summed E-state index contributed by atoms with van der Waals surface area (Å²) in [5.74, 6) is 1.12. The minimum atomic E-state index is -0.142. The number of benzene rings is 2. The largest absolute Gasteiger partial charge is 0.456 e. The van der Waals surface area contributed by atoms with E-state index in [-0.39, 0.29) is 18.0 Å². The Balaban J connectivity index is 1.33. The van der Waals surface area contributed by atoms with E-state index in [1.165, 1.54) is 19.3 Å². The highest BCUT2D eigenvalue weighted by Crippen LogP contribution is 2.29. The highest BCUT2D eigenvalue weighted by atomic mass is 35.5. The maximum atomic E-state index is 12.1. The van der Waals surface area contributed by atoms with Crippen LogP contribution >= 0.6 is 11.6 Å². The molecule has 3 rings (SSSR count). The van der Waals surface area contributed by atoms with Crippen LogP contribution in [-0.4, -0.2) is 24.5 Å². The second-order valence-electron chi connectivity index (χ2n) is 7.44. The third-order valence-electron chi connectivity index (χ3n) is 5.01. The van der Waals surface area contributed by atoms with E-state index in [1.54, 1.807) is 36.4 Å². The molecule has 0 heterocycles. The summed E-state index contributed by atoms with van der Waals surface area (Å²) in [5.41, 5.74) is 0.689. The quantitative estimate of drug-likeness (QED) is 0.486. The minimum absolute atomic E-state index is 0.0933. The lowest BCUT2D eigenvalue weighted by atomic mass is 9.96. The fourth-order valence-corrected chi connectivity index (χ4v) is 3.59. The van der Waals surface area contributed by atoms with Crippen LogP contribution in [0.1, 0.15) is 44.9 Å². The molecule has 3 amide bonds. The summed E-state index contributed by atoms with van der Waals surface area (Å²) in [4.78, 5) is 24.0. The fraction of sp³-hybridized carbons (Fsp3) is 0.391. The molecule has 0 atom stereocenters. The van der Waals surface area contributed by atoms with E-state index in [4.69, 9.17) is 16.3 Å². The average molecular weight is 430 g/mol. The number of carbonyl (C=O) groups is 2. The second-order valence-corrected chi connectivity index (χ2v) is 7.85. The van der Waals surface area contributed by atoms with Crippen LogP contribution in [0.3, 0.4) is 0 Å². The van der Waals surface area contributed by atoms with Crippen molar-refractivity contribution < 1.29 is 14.3 Å². The number of para-hydroxylation sites is 1. The minimum Gasteiger partial charge on any atom is -0.456 e. The first-order chi connectivity index (χ1) is 14.6. The van der Waals surface area contributed by atoms with E-state index >= 15 is 0 Å². The van der Waals surface area contributed by atoms with Crippen LogP contribution in [-0.2, 0) is 4.79 Å². The van der Waals surface area contributed by atoms with Crippen molar-refractivity contribution in [2.24, 2.45) is 0 Å². The van der Waals surface area contributed by atoms with E-state index in [0.29, 0.717) is 41.6 Å². The number of nitrogens with one attached hydrogen (secondary N) is 3. The molecule has 2 aromatic rings. The van der Waals surface area contributed by atoms with Crippen molar-refractivity contribution >= 4 is 29.2 Å². The highest BCUT2D eigenvalue weighted by Gasteiger charge is 2.15. The first-order valence-electron chi connectivity index (χ1n) is 10.5. The molecule has 1 aliphatic rings. The van der Waals surface area contributed by atoms with E-state index in [2.05, 4.69) is 16.0 Å². The number of halogens is 1. The van der Waals surface area contributed by atoms with Crippen LogP contribution in [0, 0.1) is 0 Å². The average Bonchev–Trinajstić information content (AvgIpc) is 2.75. The predicted octanol–water partition coefficient (Wildman–Crippen LogP) is 5.48. The molecule has 0 radical (unpaired) electrons. The molecule has 3 N–H and O–H groups in total. The molecule has 6 nitrogen and oxygen atoms in total. The molecule has 0 aliphatic heterocycles. The summed E-state index contributed by atoms with van der Waals surface area (Å²) in [6.45, 7) is 0.469. The molecule has 1 aliphatic carbocycles. The molecule has 0 spiro atoms. The normalized spacial score (nSPS) is 14.0. The molecule has 0 saturated heterocycles. The molecule has 7 heteroatoms. The van der Waals surface area contributed by atoms with E-state index < -0.39 is 0 Å². The van der Waals surface area contributed by atoms with Crippen LogP contribution < -0.4 is 20.7 Å². The third-order valence-corrected chi connectivity index (χ3v) is 5.32. The number of hydrogen-bond donors (Lipinski definition) is 3. The van der Waals surface area contributed by atoms with Gasteiger partial charge in [0.1, 0.15) is 11.5 Å². The van der Waals surface area contributed by atoms with Crippen molar-refractivity contribution in [3.8, 4) is 11.5 Å². The van der Waals surface area contributed by atoms with Gasteiger partial charge in [-0.1, -0.05) is 43.0 Å². The lowest BCUT2D eigenvalue weighted by Gasteiger charge is -2.22. The van der Waals surface area contributed by atoms with Crippen LogP contribution in [0.5, 0.6) is 11.5 Å². The first-order valence-corrected chi connectivity index (χ1v) is 10.8. The van der Waals surface area contributed by atoms with Gasteiger partial charge < -0.3 is 20.7 Å². The lowest BCUT2D eigenvalue weighted by Crippen LogP contribution is -2.43. The highest BCUT2D eigenvalue weighted by molar-refractivity contribution is 6.32. The number of carbonyl (C=O) groups excluding carboxylic acids is 2. The second kappa shape index (κ2) is 11.5. The smallest absolute Gasteiger partial charge is 0.315 e. The Morgan fingerprint density at radius 1 is 1.00 bits per heavy atom. The number of hydrogen-bond acceptors (Lipinski definition) is 3. The van der Waals surface area contributed by atoms with Gasteiger partial charge in [-0.05, 0) is 55.7 Å². The van der Waals surface area contributed by atoms with Gasteiger partial charge in [0.15, 0.2) is 0 Å². The number of urea groups is 1. The van der Waals surface area contributed by atoms with E-state index in [0.717, 1.165) is 12.8 Å². The van der Waals surface area contributed by atoms with Gasteiger partial charge in [-0.25, -0.2) is 4.79 Å². The molecule has 2 aromatic carbocycles. The van der Waals surface area contributed by atoms with Crippen molar-refractivity contribution in [2.45, 2.75) is 51.0 Å². The zero-order chi connectivity index (χ0) is 21.2. The topological polar surface area (TPSA) is 79.5 Å². The Morgan fingerprint density at radius 2 is 1.73 bits per heavy atom. The SMILES string of the molecule is O=C(CCCNC(=O)NC1CCCCC1)Nc1ccc(Oc2ccccc2Cl)cc1. The Labute approximate surface area is 182 Å². The van der Waals surface area contributed by atoms with Gasteiger partial charge in [-0.3, -0.25) is 4.79 Å². The van der Waals surface area contributed by atoms with Gasteiger partial charge in [0.2, 0.25) is 5.91 Å². The number of anilines is 1. The van der Waals surface area contributed by atoms with Crippen molar-refractivity contribution in [3.05, 3.63) is 53.6 Å². The van der Waals surface area contributed by atoms with Gasteiger partial charge in [-0.2, -0.15) is 0 Å². The van der Waals surface area contributed by atoms with Crippen LogP contribution in [0.25, 0.3) is 0 Å². The first kappa shape index (κ1) is 22.0. The lowest BCUT2D eigenvalue weighted by molar-refractivity contribution is -0.116.